The molecule has 0 bridgehead atoms. The molecule has 0 aromatic carbocycles. The third-order valence-corrected chi connectivity index (χ3v) is 1.89. The first-order valence-corrected chi connectivity index (χ1v) is 3.42. The third-order valence-electron chi connectivity index (χ3n) is 0.988. The van der Waals surface area contributed by atoms with Crippen LogP contribution in [-0.2, 0) is 0 Å². The van der Waals surface area contributed by atoms with Gasteiger partial charge in [-0.2, -0.15) is 4.37 Å². The van der Waals surface area contributed by atoms with E-state index in [1.165, 1.54) is 11.5 Å². The quantitative estimate of drug-likeness (QED) is 0.270. The molecule has 1 heterocycles. The average molecular weight is 157 g/mol. The predicted octanol–water partition coefficient (Wildman–Crippen LogP) is 0.546. The molecule has 10 heavy (non-hydrogen) atoms. The Hall–Kier alpha value is -1.10. The first kappa shape index (κ1) is 7.01. The van der Waals surface area contributed by atoms with Crippen molar-refractivity contribution in [1.29, 1.82) is 0 Å². The summed E-state index contributed by atoms with van der Waals surface area (Å²) in [5, 5.41) is 11.1. The summed E-state index contributed by atoms with van der Waals surface area (Å²) in [5.74, 6) is 0.116. The molecular weight excluding hydrogens is 150 g/mol. The van der Waals surface area contributed by atoms with Gasteiger partial charge >= 0.3 is 0 Å². The second-order valence-corrected chi connectivity index (χ2v) is 2.62. The monoisotopic (exact) mass is 157 g/mol. The molecule has 0 spiro atoms. The molecule has 0 saturated carbocycles. The van der Waals surface area contributed by atoms with E-state index in [1.54, 1.807) is 6.07 Å². The molecule has 0 fully saturated rings. The SMILES string of the molecule is Cc1cc(/C(N)=N/O)sn1. The Morgan fingerprint density at radius 2 is 2.60 bits per heavy atom. The van der Waals surface area contributed by atoms with E-state index in [0.717, 1.165) is 5.69 Å². The number of nitrogens with zero attached hydrogens (tertiary/aromatic N) is 2. The first-order valence-electron chi connectivity index (χ1n) is 2.65. The van der Waals surface area contributed by atoms with Crippen molar-refractivity contribution in [3.05, 3.63) is 16.6 Å². The molecule has 1 rings (SSSR count). The lowest BCUT2D eigenvalue weighted by molar-refractivity contribution is 0.319. The molecule has 0 saturated heterocycles. The molecule has 0 unspecified atom stereocenters. The van der Waals surface area contributed by atoms with E-state index < -0.39 is 0 Å². The minimum atomic E-state index is 0.116. The van der Waals surface area contributed by atoms with Crippen LogP contribution < -0.4 is 5.73 Å². The molecule has 54 valence electrons. The van der Waals surface area contributed by atoms with E-state index in [0.29, 0.717) is 4.88 Å². The highest BCUT2D eigenvalue weighted by Gasteiger charge is 2.01. The Labute approximate surface area is 62.1 Å². The summed E-state index contributed by atoms with van der Waals surface area (Å²) in [7, 11) is 0. The van der Waals surface area contributed by atoms with Gasteiger partial charge in [0.05, 0.1) is 10.6 Å². The van der Waals surface area contributed by atoms with Crippen LogP contribution in [-0.4, -0.2) is 15.4 Å². The van der Waals surface area contributed by atoms with E-state index in [-0.39, 0.29) is 5.84 Å². The molecule has 0 radical (unpaired) electrons. The normalized spacial score (nSPS) is 11.9. The van der Waals surface area contributed by atoms with E-state index in [9.17, 15) is 0 Å². The first-order chi connectivity index (χ1) is 4.74. The summed E-state index contributed by atoms with van der Waals surface area (Å²) in [5.41, 5.74) is 6.16. The highest BCUT2D eigenvalue weighted by Crippen LogP contribution is 2.07. The van der Waals surface area contributed by atoms with Crippen molar-refractivity contribution in [3.63, 3.8) is 0 Å². The fourth-order valence-electron chi connectivity index (χ4n) is 0.534. The predicted molar refractivity (Wildman–Crippen MR) is 39.4 cm³/mol. The summed E-state index contributed by atoms with van der Waals surface area (Å²) in [6, 6.07) is 1.76. The lowest BCUT2D eigenvalue weighted by Crippen LogP contribution is -2.10. The highest BCUT2D eigenvalue weighted by molar-refractivity contribution is 7.08. The van der Waals surface area contributed by atoms with Gasteiger partial charge in [0.15, 0.2) is 5.84 Å². The van der Waals surface area contributed by atoms with Crippen molar-refractivity contribution in [3.8, 4) is 0 Å². The summed E-state index contributed by atoms with van der Waals surface area (Å²) in [6.07, 6.45) is 0. The number of hydrogen-bond acceptors (Lipinski definition) is 4. The fraction of sp³-hybridized carbons (Fsp3) is 0.200. The van der Waals surface area contributed by atoms with Gasteiger partial charge in [-0.15, -0.1) is 0 Å². The molecular formula is C5H7N3OS. The van der Waals surface area contributed by atoms with Crippen molar-refractivity contribution in [2.75, 3.05) is 0 Å². The Morgan fingerprint density at radius 1 is 1.90 bits per heavy atom. The van der Waals surface area contributed by atoms with Crippen LogP contribution in [0.1, 0.15) is 10.6 Å². The van der Waals surface area contributed by atoms with E-state index >= 15 is 0 Å². The maximum absolute atomic E-state index is 8.24. The summed E-state index contributed by atoms with van der Waals surface area (Å²) in [4.78, 5) is 0.694. The lowest BCUT2D eigenvalue weighted by Gasteiger charge is -1.86. The van der Waals surface area contributed by atoms with Crippen LogP contribution in [0.2, 0.25) is 0 Å². The second kappa shape index (κ2) is 2.66. The van der Waals surface area contributed by atoms with Crippen LogP contribution in [0.15, 0.2) is 11.2 Å². The van der Waals surface area contributed by atoms with Crippen molar-refractivity contribution in [2.45, 2.75) is 6.92 Å². The number of oxime groups is 1. The third kappa shape index (κ3) is 1.24. The number of aryl methyl sites for hydroxylation is 1. The molecule has 0 aliphatic heterocycles. The topological polar surface area (TPSA) is 71.5 Å². The number of hydrogen-bond donors (Lipinski definition) is 2. The summed E-state index contributed by atoms with van der Waals surface area (Å²) in [6.45, 7) is 1.85. The maximum Gasteiger partial charge on any atom is 0.181 e. The molecule has 0 aliphatic rings. The van der Waals surface area contributed by atoms with Crippen LogP contribution >= 0.6 is 11.5 Å². The Morgan fingerprint density at radius 3 is 3.00 bits per heavy atom. The molecule has 3 N–H and O–H groups in total. The zero-order chi connectivity index (χ0) is 7.56. The van der Waals surface area contributed by atoms with Gasteiger partial charge < -0.3 is 10.9 Å². The summed E-state index contributed by atoms with van der Waals surface area (Å²) < 4.78 is 3.96. The standard InChI is InChI=1S/C5H7N3OS/c1-3-2-4(10-8-3)5(6)7-9/h2,9H,1H3,(H2,6,7). The number of nitrogens with two attached hydrogens (primary N) is 1. The van der Waals surface area contributed by atoms with Gasteiger partial charge in [-0.1, -0.05) is 5.16 Å². The minimum absolute atomic E-state index is 0.116. The van der Waals surface area contributed by atoms with Crippen LogP contribution in [0, 0.1) is 6.92 Å². The van der Waals surface area contributed by atoms with Gasteiger partial charge in [-0.05, 0) is 24.5 Å². The van der Waals surface area contributed by atoms with Crippen LogP contribution in [0.4, 0.5) is 0 Å². The van der Waals surface area contributed by atoms with Gasteiger partial charge in [0.25, 0.3) is 0 Å². The number of rotatable bonds is 1. The van der Waals surface area contributed by atoms with Gasteiger partial charge in [0, 0.05) is 0 Å². The summed E-state index contributed by atoms with van der Waals surface area (Å²) >= 11 is 1.22. The second-order valence-electron chi connectivity index (χ2n) is 1.82. The largest absolute Gasteiger partial charge is 0.409 e. The van der Waals surface area contributed by atoms with E-state index in [4.69, 9.17) is 10.9 Å². The average Bonchev–Trinajstić information content (AvgIpc) is 2.34. The zero-order valence-corrected chi connectivity index (χ0v) is 6.22. The van der Waals surface area contributed by atoms with Crippen molar-refractivity contribution in [1.82, 2.24) is 4.37 Å². The smallest absolute Gasteiger partial charge is 0.181 e. The van der Waals surface area contributed by atoms with Gasteiger partial charge in [0.2, 0.25) is 0 Å². The van der Waals surface area contributed by atoms with Crippen LogP contribution in [0.25, 0.3) is 0 Å². The molecule has 5 heteroatoms. The molecule has 4 nitrogen and oxygen atoms in total. The van der Waals surface area contributed by atoms with Crippen molar-refractivity contribution >= 4 is 17.4 Å². The van der Waals surface area contributed by atoms with Gasteiger partial charge in [-0.25, -0.2) is 0 Å². The zero-order valence-electron chi connectivity index (χ0n) is 5.40. The Bertz CT molecular complexity index is 255. The lowest BCUT2D eigenvalue weighted by atomic mass is 10.4. The highest BCUT2D eigenvalue weighted by atomic mass is 32.1. The Kier molecular flexibility index (Phi) is 1.86. The van der Waals surface area contributed by atoms with Crippen LogP contribution in [0.5, 0.6) is 0 Å². The molecule has 0 aliphatic carbocycles. The molecule has 1 aromatic heterocycles. The van der Waals surface area contributed by atoms with E-state index in [2.05, 4.69) is 9.53 Å². The Balaban J connectivity index is 2.95. The van der Waals surface area contributed by atoms with Crippen molar-refractivity contribution in [2.24, 2.45) is 10.9 Å². The maximum atomic E-state index is 8.24. The molecule has 1 aromatic rings. The van der Waals surface area contributed by atoms with Gasteiger partial charge in [-0.3, -0.25) is 0 Å². The van der Waals surface area contributed by atoms with Crippen LogP contribution in [0.3, 0.4) is 0 Å². The minimum Gasteiger partial charge on any atom is -0.409 e. The number of amidine groups is 1. The van der Waals surface area contributed by atoms with Gasteiger partial charge in [0.1, 0.15) is 0 Å². The number of aromatic nitrogens is 1. The van der Waals surface area contributed by atoms with Crippen molar-refractivity contribution < 1.29 is 5.21 Å². The fourth-order valence-corrected chi connectivity index (χ4v) is 1.19. The molecule has 0 atom stereocenters. The van der Waals surface area contributed by atoms with E-state index in [1.807, 2.05) is 6.92 Å². The molecule has 0 amide bonds.